The molecule has 1 atom stereocenters. The Labute approximate surface area is 202 Å². The van der Waals surface area contributed by atoms with Crippen molar-refractivity contribution in [1.82, 2.24) is 4.31 Å². The molecule has 2 aliphatic rings. The lowest BCUT2D eigenvalue weighted by molar-refractivity contribution is -0.152. The number of hydrogen-bond acceptors (Lipinski definition) is 6. The van der Waals surface area contributed by atoms with Crippen molar-refractivity contribution in [3.8, 4) is 0 Å². The van der Waals surface area contributed by atoms with Crippen LogP contribution in [-0.2, 0) is 37.3 Å². The fourth-order valence-corrected chi connectivity index (χ4v) is 6.37. The molecule has 0 aromatic heterocycles. The van der Waals surface area contributed by atoms with Crippen LogP contribution in [0.4, 0.5) is 11.4 Å². The summed E-state index contributed by atoms with van der Waals surface area (Å²) in [6.45, 7) is -0.408. The van der Waals surface area contributed by atoms with Crippen molar-refractivity contribution < 1.29 is 22.7 Å². The summed E-state index contributed by atoms with van der Waals surface area (Å²) >= 11 is 1.57. The molecule has 2 heterocycles. The molecule has 0 saturated heterocycles. The first-order valence-corrected chi connectivity index (χ1v) is 13.4. The summed E-state index contributed by atoms with van der Waals surface area (Å²) in [6.07, 6.45) is 1.27. The van der Waals surface area contributed by atoms with Crippen molar-refractivity contribution in [1.29, 1.82) is 0 Å². The highest BCUT2D eigenvalue weighted by molar-refractivity contribution is 7.99. The summed E-state index contributed by atoms with van der Waals surface area (Å²) in [5.41, 5.74) is 3.19. The van der Waals surface area contributed by atoms with Gasteiger partial charge in [0.2, 0.25) is 10.0 Å². The Kier molecular flexibility index (Phi) is 5.93. The Morgan fingerprint density at radius 3 is 2.09 bits per heavy atom. The summed E-state index contributed by atoms with van der Waals surface area (Å²) < 4.78 is 31.4. The number of esters is 1. The number of anilines is 2. The van der Waals surface area contributed by atoms with Crippen LogP contribution in [0.15, 0.2) is 82.6 Å². The molecule has 3 aromatic carbocycles. The number of hydrogen-bond donors (Lipinski definition) is 0. The zero-order valence-corrected chi connectivity index (χ0v) is 20.0. The van der Waals surface area contributed by atoms with Gasteiger partial charge >= 0.3 is 5.97 Å². The molecule has 0 saturated carbocycles. The van der Waals surface area contributed by atoms with E-state index in [-0.39, 0.29) is 13.0 Å². The number of ether oxygens (including phenoxy) is 1. The molecule has 1 amide bonds. The maximum Gasteiger partial charge on any atom is 0.325 e. The van der Waals surface area contributed by atoms with Crippen LogP contribution in [-0.4, -0.2) is 43.5 Å². The normalized spacial score (nSPS) is 17.3. The van der Waals surface area contributed by atoms with E-state index in [0.29, 0.717) is 0 Å². The van der Waals surface area contributed by atoms with E-state index in [1.165, 1.54) is 0 Å². The highest BCUT2D eigenvalue weighted by atomic mass is 32.2. The van der Waals surface area contributed by atoms with E-state index in [4.69, 9.17) is 4.74 Å². The smallest absolute Gasteiger partial charge is 0.325 e. The van der Waals surface area contributed by atoms with Gasteiger partial charge in [0.15, 0.2) is 6.61 Å². The molecule has 9 heteroatoms. The van der Waals surface area contributed by atoms with Crippen molar-refractivity contribution >= 4 is 45.0 Å². The maximum absolute atomic E-state index is 13.3. The minimum Gasteiger partial charge on any atom is -0.454 e. The number of benzene rings is 3. The van der Waals surface area contributed by atoms with Gasteiger partial charge in [0.05, 0.1) is 17.6 Å². The summed E-state index contributed by atoms with van der Waals surface area (Å²) in [5.74, 6) is -1.14. The Hall–Kier alpha value is -3.14. The average molecular weight is 495 g/mol. The number of sulfonamides is 1. The van der Waals surface area contributed by atoms with Gasteiger partial charge in [-0.3, -0.25) is 14.5 Å². The first-order valence-electron chi connectivity index (χ1n) is 10.7. The Morgan fingerprint density at radius 1 is 0.912 bits per heavy atom. The first-order chi connectivity index (χ1) is 16.3. The van der Waals surface area contributed by atoms with Crippen molar-refractivity contribution in [2.75, 3.05) is 17.8 Å². The van der Waals surface area contributed by atoms with Crippen LogP contribution in [0.2, 0.25) is 0 Å². The SMILES string of the molecule is CS(=O)(=O)N1Cc2ccccc2C[C@H]1C(=O)OCC(=O)N1c2ccccc2Sc2ccccc21. The molecule has 0 aliphatic carbocycles. The number of carbonyl (C=O) groups is 2. The molecule has 34 heavy (non-hydrogen) atoms. The molecule has 7 nitrogen and oxygen atoms in total. The molecule has 3 aromatic rings. The fourth-order valence-electron chi connectivity index (χ4n) is 4.32. The van der Waals surface area contributed by atoms with Crippen LogP contribution in [0.5, 0.6) is 0 Å². The zero-order chi connectivity index (χ0) is 23.9. The van der Waals surface area contributed by atoms with Crippen LogP contribution in [0, 0.1) is 0 Å². The van der Waals surface area contributed by atoms with E-state index in [2.05, 4.69) is 0 Å². The molecule has 0 spiro atoms. The highest BCUT2D eigenvalue weighted by Gasteiger charge is 2.38. The van der Waals surface area contributed by atoms with E-state index in [1.807, 2.05) is 72.8 Å². The van der Waals surface area contributed by atoms with Gasteiger partial charge in [0, 0.05) is 22.8 Å². The second-order valence-electron chi connectivity index (χ2n) is 8.17. The standard InChI is InChI=1S/C25H22N2O5S2/c1-34(30,31)26-15-18-9-3-2-8-17(18)14-21(26)25(29)32-16-24(28)27-19-10-4-6-12-22(19)33-23-13-7-5-11-20(23)27/h2-13,21H,14-16H2,1H3/t21-/m0/s1. The molecule has 0 bridgehead atoms. The Balaban J connectivity index is 1.37. The lowest BCUT2D eigenvalue weighted by Gasteiger charge is -2.34. The minimum atomic E-state index is -3.67. The molecule has 5 rings (SSSR count). The average Bonchev–Trinajstić information content (AvgIpc) is 2.84. The summed E-state index contributed by atoms with van der Waals surface area (Å²) in [6, 6.07) is 21.5. The van der Waals surface area contributed by atoms with E-state index >= 15 is 0 Å². The Bertz CT molecular complexity index is 1340. The van der Waals surface area contributed by atoms with E-state index < -0.39 is 34.5 Å². The van der Waals surface area contributed by atoms with Gasteiger partial charge in [0.25, 0.3) is 5.91 Å². The lowest BCUT2D eigenvalue weighted by Crippen LogP contribution is -2.49. The van der Waals surface area contributed by atoms with Gasteiger partial charge in [-0.25, -0.2) is 8.42 Å². The number of amides is 1. The predicted octanol–water partition coefficient (Wildman–Crippen LogP) is 3.75. The number of fused-ring (bicyclic) bond motifs is 3. The van der Waals surface area contributed by atoms with Gasteiger partial charge in [0.1, 0.15) is 6.04 Å². The van der Waals surface area contributed by atoms with Crippen LogP contribution in [0.25, 0.3) is 0 Å². The quantitative estimate of drug-likeness (QED) is 0.514. The molecule has 0 N–H and O–H groups in total. The summed E-state index contributed by atoms with van der Waals surface area (Å²) in [5, 5.41) is 0. The van der Waals surface area contributed by atoms with Crippen molar-refractivity contribution in [3.63, 3.8) is 0 Å². The van der Waals surface area contributed by atoms with Crippen LogP contribution in [0.3, 0.4) is 0 Å². The number of carbonyl (C=O) groups excluding carboxylic acids is 2. The third kappa shape index (κ3) is 4.22. The minimum absolute atomic E-state index is 0.0901. The third-order valence-electron chi connectivity index (χ3n) is 5.92. The summed E-state index contributed by atoms with van der Waals surface area (Å²) in [4.78, 5) is 29.7. The van der Waals surface area contributed by atoms with E-state index in [1.54, 1.807) is 16.7 Å². The third-order valence-corrected chi connectivity index (χ3v) is 8.29. The molecule has 0 radical (unpaired) electrons. The lowest BCUT2D eigenvalue weighted by atomic mass is 9.96. The first kappa shape index (κ1) is 22.6. The highest BCUT2D eigenvalue weighted by Crippen LogP contribution is 2.47. The zero-order valence-electron chi connectivity index (χ0n) is 18.4. The van der Waals surface area contributed by atoms with Crippen LogP contribution in [0.1, 0.15) is 11.1 Å². The van der Waals surface area contributed by atoms with E-state index in [9.17, 15) is 18.0 Å². The van der Waals surface area contributed by atoms with Crippen LogP contribution >= 0.6 is 11.8 Å². The molecular formula is C25H22N2O5S2. The van der Waals surface area contributed by atoms with Gasteiger partial charge in [-0.1, -0.05) is 60.3 Å². The molecular weight excluding hydrogens is 472 g/mol. The van der Waals surface area contributed by atoms with Crippen molar-refractivity contribution in [3.05, 3.63) is 83.9 Å². The number of nitrogens with zero attached hydrogens (tertiary/aromatic N) is 2. The monoisotopic (exact) mass is 494 g/mol. The maximum atomic E-state index is 13.3. The van der Waals surface area contributed by atoms with E-state index in [0.717, 1.165) is 42.9 Å². The largest absolute Gasteiger partial charge is 0.454 e. The van der Waals surface area contributed by atoms with Crippen molar-refractivity contribution in [2.24, 2.45) is 0 Å². The predicted molar refractivity (Wildman–Crippen MR) is 129 cm³/mol. The van der Waals surface area contributed by atoms with Gasteiger partial charge in [-0.05, 0) is 35.4 Å². The molecule has 0 unspecified atom stereocenters. The number of rotatable bonds is 4. The molecule has 0 fully saturated rings. The molecule has 2 aliphatic heterocycles. The van der Waals surface area contributed by atoms with Gasteiger partial charge in [-0.2, -0.15) is 4.31 Å². The number of para-hydroxylation sites is 2. The second-order valence-corrected chi connectivity index (χ2v) is 11.2. The van der Waals surface area contributed by atoms with Crippen molar-refractivity contribution in [2.45, 2.75) is 28.8 Å². The molecule has 174 valence electrons. The van der Waals surface area contributed by atoms with Gasteiger partial charge < -0.3 is 4.74 Å². The fraction of sp³-hybridized carbons (Fsp3) is 0.200. The topological polar surface area (TPSA) is 84.0 Å². The second kappa shape index (κ2) is 8.90. The summed E-state index contributed by atoms with van der Waals surface area (Å²) in [7, 11) is -3.67. The Morgan fingerprint density at radius 2 is 1.47 bits per heavy atom. The van der Waals surface area contributed by atoms with Gasteiger partial charge in [-0.15, -0.1) is 0 Å². The van der Waals surface area contributed by atoms with Crippen LogP contribution < -0.4 is 4.90 Å².